The van der Waals surface area contributed by atoms with Crippen LogP contribution in [0, 0.1) is 0 Å². The number of anilines is 1. The van der Waals surface area contributed by atoms with Crippen LogP contribution in [0.1, 0.15) is 0 Å². The standard InChI is InChI=1S/C6H4Cl2N2S3/c1-11-6-9-2-3(13-10-6)5(8)12-4(2)7/h1H3,(H,9,10). The molecule has 1 aromatic rings. The maximum Gasteiger partial charge on any atom is 0.173 e. The Morgan fingerprint density at radius 2 is 2.15 bits per heavy atom. The van der Waals surface area contributed by atoms with Gasteiger partial charge in [0.2, 0.25) is 0 Å². The molecule has 2 heterocycles. The molecule has 1 aliphatic heterocycles. The molecule has 0 unspecified atom stereocenters. The van der Waals surface area contributed by atoms with Crippen molar-refractivity contribution in [1.29, 1.82) is 0 Å². The molecule has 0 saturated carbocycles. The summed E-state index contributed by atoms with van der Waals surface area (Å²) in [7, 11) is 0. The average Bonchev–Trinajstić information content (AvgIpc) is 2.42. The SMILES string of the molecule is CSC1=NSc2c(Cl)sc(Cl)c2N1. The van der Waals surface area contributed by atoms with Crippen molar-refractivity contribution in [1.82, 2.24) is 0 Å². The molecule has 70 valence electrons. The van der Waals surface area contributed by atoms with Crippen LogP contribution in [0.3, 0.4) is 0 Å². The Balaban J connectivity index is 2.40. The van der Waals surface area contributed by atoms with E-state index in [0.717, 1.165) is 15.8 Å². The van der Waals surface area contributed by atoms with E-state index in [0.29, 0.717) is 8.67 Å². The summed E-state index contributed by atoms with van der Waals surface area (Å²) in [5.41, 5.74) is 0.890. The minimum atomic E-state index is 0.689. The number of thioether (sulfide) groups is 1. The lowest BCUT2D eigenvalue weighted by atomic mass is 10.5. The number of rotatable bonds is 0. The topological polar surface area (TPSA) is 24.4 Å². The molecule has 13 heavy (non-hydrogen) atoms. The lowest BCUT2D eigenvalue weighted by molar-refractivity contribution is 1.51. The van der Waals surface area contributed by atoms with Gasteiger partial charge in [-0.2, -0.15) is 4.40 Å². The van der Waals surface area contributed by atoms with Gasteiger partial charge in [-0.3, -0.25) is 0 Å². The normalized spacial score (nSPS) is 14.8. The van der Waals surface area contributed by atoms with E-state index in [1.807, 2.05) is 6.26 Å². The lowest BCUT2D eigenvalue weighted by Gasteiger charge is -2.12. The van der Waals surface area contributed by atoms with Gasteiger partial charge in [-0.15, -0.1) is 11.3 Å². The first-order valence-corrected chi connectivity index (χ1v) is 6.83. The number of hydrogen-bond donors (Lipinski definition) is 1. The molecule has 2 rings (SSSR count). The van der Waals surface area contributed by atoms with Gasteiger partial charge in [0.15, 0.2) is 5.17 Å². The number of halogens is 2. The van der Waals surface area contributed by atoms with Gasteiger partial charge < -0.3 is 5.32 Å². The first-order valence-electron chi connectivity index (χ1n) is 3.26. The number of fused-ring (bicyclic) bond motifs is 1. The number of amidine groups is 1. The van der Waals surface area contributed by atoms with Crippen molar-refractivity contribution >= 4 is 69.1 Å². The van der Waals surface area contributed by atoms with Gasteiger partial charge >= 0.3 is 0 Å². The number of nitrogens with one attached hydrogen (secondary N) is 1. The second kappa shape index (κ2) is 3.90. The minimum Gasteiger partial charge on any atom is -0.331 e. The quantitative estimate of drug-likeness (QED) is 0.715. The van der Waals surface area contributed by atoms with E-state index in [1.165, 1.54) is 23.3 Å². The highest BCUT2D eigenvalue weighted by Gasteiger charge is 2.21. The van der Waals surface area contributed by atoms with Crippen LogP contribution in [-0.4, -0.2) is 11.4 Å². The summed E-state index contributed by atoms with van der Waals surface area (Å²) in [5, 5.41) is 3.98. The zero-order chi connectivity index (χ0) is 9.42. The van der Waals surface area contributed by atoms with Gasteiger partial charge in [-0.1, -0.05) is 35.0 Å². The zero-order valence-electron chi connectivity index (χ0n) is 6.43. The van der Waals surface area contributed by atoms with Gasteiger partial charge in [0, 0.05) is 11.9 Å². The third kappa shape index (κ3) is 1.80. The highest BCUT2D eigenvalue weighted by molar-refractivity contribution is 8.14. The van der Waals surface area contributed by atoms with E-state index in [4.69, 9.17) is 23.2 Å². The summed E-state index contributed by atoms with van der Waals surface area (Å²) in [6, 6.07) is 0. The number of hydrogen-bond acceptors (Lipinski definition) is 5. The van der Waals surface area contributed by atoms with E-state index < -0.39 is 0 Å². The molecule has 0 saturated heterocycles. The van der Waals surface area contributed by atoms with Crippen molar-refractivity contribution in [2.45, 2.75) is 4.90 Å². The molecule has 0 radical (unpaired) electrons. The Bertz CT molecular complexity index is 374. The third-order valence-corrected chi connectivity index (χ3v) is 4.84. The number of nitrogens with zero attached hydrogens (tertiary/aromatic N) is 1. The van der Waals surface area contributed by atoms with Crippen molar-refractivity contribution < 1.29 is 0 Å². The molecule has 0 spiro atoms. The maximum atomic E-state index is 5.98. The Hall–Kier alpha value is 0.450. The van der Waals surface area contributed by atoms with Crippen LogP contribution in [0.5, 0.6) is 0 Å². The van der Waals surface area contributed by atoms with Crippen molar-refractivity contribution in [3.8, 4) is 0 Å². The Morgan fingerprint density at radius 3 is 2.85 bits per heavy atom. The summed E-state index contributed by atoms with van der Waals surface area (Å²) in [6.45, 7) is 0. The molecule has 0 fully saturated rings. The predicted octanol–water partition coefficient (Wildman–Crippen LogP) is 4.21. The first kappa shape index (κ1) is 9.98. The Kier molecular flexibility index (Phi) is 3.00. The highest BCUT2D eigenvalue weighted by atomic mass is 35.5. The van der Waals surface area contributed by atoms with Gasteiger partial charge in [-0.05, 0) is 6.26 Å². The van der Waals surface area contributed by atoms with Crippen LogP contribution < -0.4 is 5.32 Å². The van der Waals surface area contributed by atoms with E-state index in [-0.39, 0.29) is 0 Å². The minimum absolute atomic E-state index is 0.689. The van der Waals surface area contributed by atoms with Crippen LogP contribution in [0.15, 0.2) is 9.29 Å². The van der Waals surface area contributed by atoms with Crippen LogP contribution >= 0.6 is 58.2 Å². The second-order valence-electron chi connectivity index (χ2n) is 2.17. The molecule has 0 amide bonds. The Morgan fingerprint density at radius 1 is 1.38 bits per heavy atom. The largest absolute Gasteiger partial charge is 0.331 e. The third-order valence-electron chi connectivity index (χ3n) is 1.43. The van der Waals surface area contributed by atoms with E-state index in [9.17, 15) is 0 Å². The molecule has 0 aliphatic carbocycles. The fourth-order valence-electron chi connectivity index (χ4n) is 0.856. The van der Waals surface area contributed by atoms with Crippen molar-refractivity contribution in [3.63, 3.8) is 0 Å². The van der Waals surface area contributed by atoms with Crippen molar-refractivity contribution in [2.24, 2.45) is 4.40 Å². The fraction of sp³-hybridized carbons (Fsp3) is 0.167. The molecule has 0 aromatic carbocycles. The molecule has 1 N–H and O–H groups in total. The average molecular weight is 271 g/mol. The molecule has 1 aliphatic rings. The zero-order valence-corrected chi connectivity index (χ0v) is 10.4. The summed E-state index contributed by atoms with van der Waals surface area (Å²) in [5.74, 6) is 0. The molecular formula is C6H4Cl2N2S3. The lowest BCUT2D eigenvalue weighted by Crippen LogP contribution is -2.09. The molecule has 0 bridgehead atoms. The molecule has 7 heteroatoms. The Labute approximate surface area is 98.2 Å². The van der Waals surface area contributed by atoms with Crippen LogP contribution in [-0.2, 0) is 0 Å². The monoisotopic (exact) mass is 270 g/mol. The smallest absolute Gasteiger partial charge is 0.173 e. The second-order valence-corrected chi connectivity index (χ2v) is 5.96. The predicted molar refractivity (Wildman–Crippen MR) is 64.8 cm³/mol. The van der Waals surface area contributed by atoms with Gasteiger partial charge in [-0.25, -0.2) is 0 Å². The summed E-state index contributed by atoms with van der Waals surface area (Å²) in [4.78, 5) is 0.925. The first-order chi connectivity index (χ1) is 6.22. The molecule has 2 nitrogen and oxygen atoms in total. The maximum absolute atomic E-state index is 5.98. The molecular weight excluding hydrogens is 267 g/mol. The van der Waals surface area contributed by atoms with Crippen LogP contribution in [0.4, 0.5) is 5.69 Å². The van der Waals surface area contributed by atoms with Crippen molar-refractivity contribution in [3.05, 3.63) is 8.67 Å². The van der Waals surface area contributed by atoms with Crippen LogP contribution in [0.2, 0.25) is 8.67 Å². The van der Waals surface area contributed by atoms with Gasteiger partial charge in [0.05, 0.1) is 10.6 Å². The summed E-state index contributed by atoms with van der Waals surface area (Å²) in [6.07, 6.45) is 1.96. The van der Waals surface area contributed by atoms with Gasteiger partial charge in [0.1, 0.15) is 8.67 Å². The molecule has 0 atom stereocenters. The summed E-state index contributed by atoms with van der Waals surface area (Å²) >= 11 is 16.2. The fourth-order valence-corrected chi connectivity index (χ4v) is 3.89. The van der Waals surface area contributed by atoms with Crippen molar-refractivity contribution in [2.75, 3.05) is 11.6 Å². The molecule has 1 aromatic heterocycles. The van der Waals surface area contributed by atoms with E-state index >= 15 is 0 Å². The van der Waals surface area contributed by atoms with Gasteiger partial charge in [0.25, 0.3) is 0 Å². The van der Waals surface area contributed by atoms with E-state index in [1.54, 1.807) is 11.8 Å². The van der Waals surface area contributed by atoms with E-state index in [2.05, 4.69) is 9.71 Å². The van der Waals surface area contributed by atoms with Crippen LogP contribution in [0.25, 0.3) is 0 Å². The highest BCUT2D eigenvalue weighted by Crippen LogP contribution is 2.48. The summed E-state index contributed by atoms with van der Waals surface area (Å²) < 4.78 is 5.60. The number of thiophene rings is 1.